The average Bonchev–Trinajstić information content (AvgIpc) is 2.72. The van der Waals surface area contributed by atoms with Gasteiger partial charge in [-0.1, -0.05) is 11.6 Å². The molecule has 6 nitrogen and oxygen atoms in total. The lowest BCUT2D eigenvalue weighted by atomic mass is 10.1. The van der Waals surface area contributed by atoms with Gasteiger partial charge in [-0.15, -0.1) is 0 Å². The van der Waals surface area contributed by atoms with Crippen molar-refractivity contribution in [3.8, 4) is 5.75 Å². The number of Topliss-reactive ketones (excluding diaryl/α,β-unsaturated/α-hetero) is 1. The fraction of sp³-hybridized carbons (Fsp3) is 0.174. The minimum Gasteiger partial charge on any atom is -0.488 e. The van der Waals surface area contributed by atoms with Gasteiger partial charge in [-0.25, -0.2) is 4.79 Å². The lowest BCUT2D eigenvalue weighted by Gasteiger charge is -2.16. The van der Waals surface area contributed by atoms with E-state index in [0.717, 1.165) is 16.9 Å². The van der Waals surface area contributed by atoms with E-state index in [1.54, 1.807) is 48.5 Å². The van der Waals surface area contributed by atoms with Crippen molar-refractivity contribution in [2.24, 2.45) is 0 Å². The van der Waals surface area contributed by atoms with Crippen molar-refractivity contribution in [2.45, 2.75) is 20.0 Å². The van der Waals surface area contributed by atoms with Gasteiger partial charge in [0.1, 0.15) is 12.4 Å². The largest absolute Gasteiger partial charge is 0.488 e. The highest BCUT2D eigenvalue weighted by molar-refractivity contribution is 6.30. The molecule has 3 rings (SSSR count). The van der Waals surface area contributed by atoms with Crippen molar-refractivity contribution < 1.29 is 23.9 Å². The Bertz CT molecular complexity index is 1040. The van der Waals surface area contributed by atoms with E-state index in [0.29, 0.717) is 22.9 Å². The maximum absolute atomic E-state index is 12.2. The number of amides is 1. The molecule has 30 heavy (non-hydrogen) atoms. The molecule has 2 aromatic rings. The van der Waals surface area contributed by atoms with Gasteiger partial charge in [0.15, 0.2) is 11.9 Å². The standard InChI is InChI=1S/C23H20ClNO5/c1-14(26)17-4-7-20(8-5-17)25-23(28)15(2)30-22(27)10-3-16-11-18-12-19(24)6-9-21(18)29-13-16/h3-12,15H,13H2,1-2H3,(H,25,28). The highest BCUT2D eigenvalue weighted by atomic mass is 35.5. The van der Waals surface area contributed by atoms with Gasteiger partial charge in [0.25, 0.3) is 5.91 Å². The van der Waals surface area contributed by atoms with Crippen molar-refractivity contribution in [1.82, 2.24) is 0 Å². The third kappa shape index (κ3) is 5.58. The van der Waals surface area contributed by atoms with Gasteiger partial charge in [-0.3, -0.25) is 9.59 Å². The molecular weight excluding hydrogens is 406 g/mol. The second-order valence-electron chi connectivity index (χ2n) is 6.73. The smallest absolute Gasteiger partial charge is 0.331 e. The molecule has 1 N–H and O–H groups in total. The first-order valence-electron chi connectivity index (χ1n) is 9.25. The molecule has 1 heterocycles. The highest BCUT2D eigenvalue weighted by Crippen LogP contribution is 2.29. The highest BCUT2D eigenvalue weighted by Gasteiger charge is 2.17. The fourth-order valence-corrected chi connectivity index (χ4v) is 2.92. The molecule has 7 heteroatoms. The van der Waals surface area contributed by atoms with Crippen LogP contribution in [0.25, 0.3) is 6.08 Å². The molecule has 1 aliphatic rings. The first-order valence-corrected chi connectivity index (χ1v) is 9.63. The molecule has 2 aromatic carbocycles. The molecule has 0 aliphatic carbocycles. The van der Waals surface area contributed by atoms with E-state index < -0.39 is 18.0 Å². The Labute approximate surface area is 179 Å². The number of halogens is 1. The molecule has 1 amide bonds. The third-order valence-electron chi connectivity index (χ3n) is 4.36. The van der Waals surface area contributed by atoms with Crippen LogP contribution in [0.5, 0.6) is 5.75 Å². The summed E-state index contributed by atoms with van der Waals surface area (Å²) >= 11 is 5.99. The van der Waals surface area contributed by atoms with Crippen LogP contribution in [0.4, 0.5) is 5.69 Å². The predicted octanol–water partition coefficient (Wildman–Crippen LogP) is 4.45. The molecule has 1 atom stereocenters. The first-order chi connectivity index (χ1) is 14.3. The topological polar surface area (TPSA) is 81.7 Å². The summed E-state index contributed by atoms with van der Waals surface area (Å²) in [7, 11) is 0. The quantitative estimate of drug-likeness (QED) is 0.420. The molecule has 0 fully saturated rings. The van der Waals surface area contributed by atoms with Gasteiger partial charge >= 0.3 is 5.97 Å². The van der Waals surface area contributed by atoms with E-state index in [4.69, 9.17) is 21.1 Å². The van der Waals surface area contributed by atoms with Crippen LogP contribution in [0.1, 0.15) is 29.8 Å². The molecule has 0 saturated carbocycles. The van der Waals surface area contributed by atoms with Gasteiger partial charge in [-0.05, 0) is 74.0 Å². The van der Waals surface area contributed by atoms with Gasteiger partial charge in [-0.2, -0.15) is 0 Å². The summed E-state index contributed by atoms with van der Waals surface area (Å²) in [5, 5.41) is 3.23. The van der Waals surface area contributed by atoms with E-state index in [1.165, 1.54) is 19.9 Å². The molecule has 0 aromatic heterocycles. The number of ether oxygens (including phenoxy) is 2. The summed E-state index contributed by atoms with van der Waals surface area (Å²) in [6.45, 7) is 3.25. The molecule has 0 radical (unpaired) electrons. The van der Waals surface area contributed by atoms with E-state index in [2.05, 4.69) is 5.32 Å². The number of carbonyl (C=O) groups excluding carboxylic acids is 3. The predicted molar refractivity (Wildman–Crippen MR) is 115 cm³/mol. The average molecular weight is 426 g/mol. The molecule has 0 bridgehead atoms. The van der Waals surface area contributed by atoms with Crippen LogP contribution in [-0.2, 0) is 14.3 Å². The Morgan fingerprint density at radius 3 is 2.60 bits per heavy atom. The lowest BCUT2D eigenvalue weighted by Crippen LogP contribution is -2.29. The molecule has 1 aliphatic heterocycles. The van der Waals surface area contributed by atoms with Crippen LogP contribution in [-0.4, -0.2) is 30.4 Å². The Kier molecular flexibility index (Phi) is 6.69. The second-order valence-corrected chi connectivity index (χ2v) is 7.16. The number of nitrogens with one attached hydrogen (secondary N) is 1. The van der Waals surface area contributed by atoms with Crippen molar-refractivity contribution in [1.29, 1.82) is 0 Å². The van der Waals surface area contributed by atoms with Crippen LogP contribution in [0.15, 0.2) is 60.2 Å². The van der Waals surface area contributed by atoms with Crippen LogP contribution in [0, 0.1) is 0 Å². The number of fused-ring (bicyclic) bond motifs is 1. The van der Waals surface area contributed by atoms with Crippen molar-refractivity contribution in [3.63, 3.8) is 0 Å². The zero-order valence-electron chi connectivity index (χ0n) is 16.5. The van der Waals surface area contributed by atoms with Gasteiger partial charge in [0.05, 0.1) is 0 Å². The fourth-order valence-electron chi connectivity index (χ4n) is 2.74. The Hall–Kier alpha value is -3.38. The summed E-state index contributed by atoms with van der Waals surface area (Å²) in [4.78, 5) is 35.6. The third-order valence-corrected chi connectivity index (χ3v) is 4.60. The summed E-state index contributed by atoms with van der Waals surface area (Å²) in [6, 6.07) is 11.8. The van der Waals surface area contributed by atoms with E-state index in [-0.39, 0.29) is 5.78 Å². The monoisotopic (exact) mass is 425 g/mol. The van der Waals surface area contributed by atoms with Crippen LogP contribution < -0.4 is 10.1 Å². The molecule has 0 saturated heterocycles. The van der Waals surface area contributed by atoms with E-state index >= 15 is 0 Å². The van der Waals surface area contributed by atoms with Crippen molar-refractivity contribution >= 4 is 41.0 Å². The van der Waals surface area contributed by atoms with Gasteiger partial charge in [0.2, 0.25) is 0 Å². The van der Waals surface area contributed by atoms with Gasteiger partial charge in [0, 0.05) is 27.9 Å². The lowest BCUT2D eigenvalue weighted by molar-refractivity contribution is -0.148. The molecular formula is C23H20ClNO5. The SMILES string of the molecule is CC(=O)c1ccc(NC(=O)C(C)OC(=O)C=CC2=Cc3cc(Cl)ccc3OC2)cc1. The summed E-state index contributed by atoms with van der Waals surface area (Å²) < 4.78 is 10.8. The van der Waals surface area contributed by atoms with Crippen molar-refractivity contribution in [3.05, 3.63) is 76.3 Å². The number of hydrogen-bond donors (Lipinski definition) is 1. The zero-order valence-corrected chi connectivity index (χ0v) is 17.2. The zero-order chi connectivity index (χ0) is 21.7. The summed E-state index contributed by atoms with van der Waals surface area (Å²) in [6.07, 6.45) is 3.70. The Balaban J connectivity index is 1.55. The van der Waals surface area contributed by atoms with Gasteiger partial charge < -0.3 is 14.8 Å². The maximum atomic E-state index is 12.2. The number of esters is 1. The minimum absolute atomic E-state index is 0.0629. The van der Waals surface area contributed by atoms with E-state index in [9.17, 15) is 14.4 Å². The van der Waals surface area contributed by atoms with Crippen LogP contribution >= 0.6 is 11.6 Å². The Morgan fingerprint density at radius 1 is 1.17 bits per heavy atom. The first kappa shape index (κ1) is 21.3. The second kappa shape index (κ2) is 9.41. The number of benzene rings is 2. The van der Waals surface area contributed by atoms with Crippen LogP contribution in [0.2, 0.25) is 5.02 Å². The molecule has 1 unspecified atom stereocenters. The molecule has 154 valence electrons. The minimum atomic E-state index is -0.995. The summed E-state index contributed by atoms with van der Waals surface area (Å²) in [5.41, 5.74) is 2.64. The van der Waals surface area contributed by atoms with Crippen molar-refractivity contribution in [2.75, 3.05) is 11.9 Å². The summed E-state index contributed by atoms with van der Waals surface area (Å²) in [5.74, 6) is -0.466. The number of hydrogen-bond acceptors (Lipinski definition) is 5. The van der Waals surface area contributed by atoms with Crippen LogP contribution in [0.3, 0.4) is 0 Å². The normalized spacial score (nSPS) is 13.6. The number of ketones is 1. The van der Waals surface area contributed by atoms with E-state index in [1.807, 2.05) is 6.08 Å². The number of anilines is 1. The maximum Gasteiger partial charge on any atom is 0.331 e. The number of rotatable bonds is 6. The molecule has 0 spiro atoms. The number of carbonyl (C=O) groups is 3. The Morgan fingerprint density at radius 2 is 1.90 bits per heavy atom.